The third-order valence-electron chi connectivity index (χ3n) is 2.77. The summed E-state index contributed by atoms with van der Waals surface area (Å²) in [6.07, 6.45) is -3.89. The largest absolute Gasteiger partial charge is 0.416 e. The number of alkyl halides is 3. The van der Waals surface area contributed by atoms with Gasteiger partial charge in [0.05, 0.1) is 16.0 Å². The van der Waals surface area contributed by atoms with Crippen molar-refractivity contribution in [3.05, 3.63) is 57.0 Å². The van der Waals surface area contributed by atoms with E-state index in [1.807, 2.05) is 6.92 Å². The summed E-state index contributed by atoms with van der Waals surface area (Å²) in [6.45, 7) is 1.89. The summed E-state index contributed by atoms with van der Waals surface area (Å²) in [5.41, 5.74) is -1.58. The smallest absolute Gasteiger partial charge is 0.288 e. The number of ketones is 1. The van der Waals surface area contributed by atoms with Gasteiger partial charge in [-0.2, -0.15) is 13.2 Å². The van der Waals surface area contributed by atoms with Gasteiger partial charge in [-0.15, -0.1) is 11.3 Å². The molecule has 1 heterocycles. The molecule has 0 amide bonds. The van der Waals surface area contributed by atoms with E-state index in [0.717, 1.165) is 16.2 Å². The van der Waals surface area contributed by atoms with Crippen LogP contribution < -0.4 is 0 Å². The highest BCUT2D eigenvalue weighted by Crippen LogP contribution is 2.31. The van der Waals surface area contributed by atoms with E-state index >= 15 is 0 Å². The molecule has 0 N–H and O–H groups in total. The Balaban J connectivity index is 2.43. The summed E-state index contributed by atoms with van der Waals surface area (Å²) in [5, 5.41) is 0. The number of hydrogen-bond acceptors (Lipinski definition) is 2. The fourth-order valence-electron chi connectivity index (χ4n) is 1.70. The van der Waals surface area contributed by atoms with Crippen LogP contribution in [0.3, 0.4) is 0 Å². The Kier molecular flexibility index (Phi) is 3.94. The Bertz CT molecular complexity index is 643. The number of rotatable bonds is 3. The lowest BCUT2D eigenvalue weighted by Gasteiger charge is -2.08. The number of aryl methyl sites for hydroxylation is 1. The maximum atomic E-state index is 13.6. The van der Waals surface area contributed by atoms with Crippen LogP contribution in [0, 0.1) is 5.82 Å². The molecule has 1 aromatic heterocycles. The highest BCUT2D eigenvalue weighted by molar-refractivity contribution is 7.14. The third kappa shape index (κ3) is 2.90. The lowest BCUT2D eigenvalue weighted by atomic mass is 10.1. The molecule has 0 spiro atoms. The van der Waals surface area contributed by atoms with Gasteiger partial charge in [-0.1, -0.05) is 6.92 Å². The number of carbonyl (C=O) groups is 1. The van der Waals surface area contributed by atoms with Crippen LogP contribution in [0.25, 0.3) is 0 Å². The summed E-state index contributed by atoms with van der Waals surface area (Å²) < 4.78 is 51.4. The minimum atomic E-state index is -4.60. The fraction of sp³-hybridized carbons (Fsp3) is 0.214. The topological polar surface area (TPSA) is 17.1 Å². The number of carbonyl (C=O) groups excluding carboxylic acids is 1. The lowest BCUT2D eigenvalue weighted by Crippen LogP contribution is -2.09. The van der Waals surface area contributed by atoms with Gasteiger partial charge < -0.3 is 0 Å². The molecule has 0 aliphatic carbocycles. The van der Waals surface area contributed by atoms with Crippen LogP contribution in [-0.2, 0) is 12.6 Å². The zero-order valence-electron chi connectivity index (χ0n) is 10.4. The van der Waals surface area contributed by atoms with Gasteiger partial charge in [-0.05, 0) is 36.8 Å². The molecule has 0 aliphatic heterocycles. The maximum Gasteiger partial charge on any atom is 0.416 e. The average molecular weight is 302 g/mol. The first-order valence-corrected chi connectivity index (χ1v) is 6.64. The SMILES string of the molecule is CCc1ccc(C(=O)c2cc(C(F)(F)F)ccc2F)s1. The van der Waals surface area contributed by atoms with E-state index in [1.165, 1.54) is 6.07 Å². The quantitative estimate of drug-likeness (QED) is 0.593. The third-order valence-corrected chi connectivity index (χ3v) is 4.00. The monoisotopic (exact) mass is 302 g/mol. The van der Waals surface area contributed by atoms with Crippen LogP contribution in [0.4, 0.5) is 17.6 Å². The predicted molar refractivity (Wildman–Crippen MR) is 68.5 cm³/mol. The molecule has 0 saturated heterocycles. The normalized spacial score (nSPS) is 11.7. The minimum absolute atomic E-state index is 0.236. The predicted octanol–water partition coefficient (Wildman–Crippen LogP) is 4.70. The van der Waals surface area contributed by atoms with Gasteiger partial charge in [0.15, 0.2) is 0 Å². The molecular formula is C14H10F4OS. The summed E-state index contributed by atoms with van der Waals surface area (Å²) in [7, 11) is 0. The van der Waals surface area contributed by atoms with Crippen LogP contribution >= 0.6 is 11.3 Å². The van der Waals surface area contributed by atoms with E-state index in [-0.39, 0.29) is 4.88 Å². The van der Waals surface area contributed by atoms with E-state index in [0.29, 0.717) is 24.6 Å². The van der Waals surface area contributed by atoms with Crippen LogP contribution in [-0.4, -0.2) is 5.78 Å². The average Bonchev–Trinajstić information content (AvgIpc) is 2.86. The lowest BCUT2D eigenvalue weighted by molar-refractivity contribution is -0.137. The number of hydrogen-bond donors (Lipinski definition) is 0. The van der Waals surface area contributed by atoms with Crippen molar-refractivity contribution < 1.29 is 22.4 Å². The molecule has 1 nitrogen and oxygen atoms in total. The van der Waals surface area contributed by atoms with Crippen molar-refractivity contribution in [3.8, 4) is 0 Å². The molecule has 0 radical (unpaired) electrons. The van der Waals surface area contributed by atoms with E-state index in [9.17, 15) is 22.4 Å². The van der Waals surface area contributed by atoms with Gasteiger partial charge in [0.2, 0.25) is 5.78 Å². The summed E-state index contributed by atoms with van der Waals surface area (Å²) >= 11 is 1.16. The second-order valence-electron chi connectivity index (χ2n) is 4.14. The van der Waals surface area contributed by atoms with Gasteiger partial charge in [0.25, 0.3) is 0 Å². The van der Waals surface area contributed by atoms with Crippen molar-refractivity contribution in [3.63, 3.8) is 0 Å². The molecule has 2 aromatic rings. The van der Waals surface area contributed by atoms with Gasteiger partial charge in [0, 0.05) is 4.88 Å². The highest BCUT2D eigenvalue weighted by Gasteiger charge is 2.32. The Morgan fingerprint density at radius 1 is 1.20 bits per heavy atom. The maximum absolute atomic E-state index is 13.6. The van der Waals surface area contributed by atoms with Gasteiger partial charge in [-0.25, -0.2) is 4.39 Å². The van der Waals surface area contributed by atoms with Crippen molar-refractivity contribution >= 4 is 17.1 Å². The molecule has 106 valence electrons. The number of benzene rings is 1. The van der Waals surface area contributed by atoms with E-state index in [2.05, 4.69) is 0 Å². The zero-order chi connectivity index (χ0) is 14.9. The molecule has 0 bridgehead atoms. The van der Waals surface area contributed by atoms with Crippen LogP contribution in [0.1, 0.15) is 32.6 Å². The molecule has 0 saturated carbocycles. The Morgan fingerprint density at radius 2 is 1.90 bits per heavy atom. The molecule has 0 fully saturated rings. The molecule has 6 heteroatoms. The molecule has 0 unspecified atom stereocenters. The highest BCUT2D eigenvalue weighted by atomic mass is 32.1. The summed E-state index contributed by atoms with van der Waals surface area (Å²) in [5.74, 6) is -1.67. The Labute approximate surface area is 116 Å². The van der Waals surface area contributed by atoms with Crippen molar-refractivity contribution in [1.82, 2.24) is 0 Å². The van der Waals surface area contributed by atoms with Crippen molar-refractivity contribution in [2.24, 2.45) is 0 Å². The molecule has 20 heavy (non-hydrogen) atoms. The standard InChI is InChI=1S/C14H10F4OS/c1-2-9-4-6-12(20-9)13(19)10-7-8(14(16,17)18)3-5-11(10)15/h3-7H,2H2,1H3. The van der Waals surface area contributed by atoms with Gasteiger partial charge in [-0.3, -0.25) is 4.79 Å². The minimum Gasteiger partial charge on any atom is -0.288 e. The van der Waals surface area contributed by atoms with Gasteiger partial charge >= 0.3 is 6.18 Å². The van der Waals surface area contributed by atoms with Gasteiger partial charge in [0.1, 0.15) is 5.82 Å². The molecule has 2 rings (SSSR count). The Morgan fingerprint density at radius 3 is 2.45 bits per heavy atom. The molecule has 0 atom stereocenters. The number of thiophene rings is 1. The Hall–Kier alpha value is -1.69. The zero-order valence-corrected chi connectivity index (χ0v) is 11.2. The van der Waals surface area contributed by atoms with Crippen molar-refractivity contribution in [2.75, 3.05) is 0 Å². The van der Waals surface area contributed by atoms with E-state index in [4.69, 9.17) is 0 Å². The molecular weight excluding hydrogens is 292 g/mol. The van der Waals surface area contributed by atoms with Crippen molar-refractivity contribution in [2.45, 2.75) is 19.5 Å². The second kappa shape index (κ2) is 5.36. The molecule has 0 aliphatic rings. The van der Waals surface area contributed by atoms with E-state index < -0.39 is 28.9 Å². The first-order chi connectivity index (χ1) is 9.32. The summed E-state index contributed by atoms with van der Waals surface area (Å²) in [6, 6.07) is 5.07. The van der Waals surface area contributed by atoms with Crippen LogP contribution in [0.15, 0.2) is 30.3 Å². The first kappa shape index (κ1) is 14.7. The first-order valence-electron chi connectivity index (χ1n) is 5.83. The van der Waals surface area contributed by atoms with Crippen LogP contribution in [0.5, 0.6) is 0 Å². The van der Waals surface area contributed by atoms with E-state index in [1.54, 1.807) is 6.07 Å². The van der Waals surface area contributed by atoms with Crippen LogP contribution in [0.2, 0.25) is 0 Å². The number of halogens is 4. The second-order valence-corrected chi connectivity index (χ2v) is 5.31. The summed E-state index contributed by atoms with van der Waals surface area (Å²) in [4.78, 5) is 13.2. The fourth-order valence-corrected chi connectivity index (χ4v) is 2.60. The molecule has 1 aromatic carbocycles. The van der Waals surface area contributed by atoms with Crippen molar-refractivity contribution in [1.29, 1.82) is 0 Å².